The second-order valence-corrected chi connectivity index (χ2v) is 6.11. The number of aliphatic hydroxyl groups is 1. The maximum Gasteiger partial charge on any atom is 0.0471 e. The fourth-order valence-electron chi connectivity index (χ4n) is 3.21. The van der Waals surface area contributed by atoms with Gasteiger partial charge in [0.2, 0.25) is 0 Å². The van der Waals surface area contributed by atoms with Crippen LogP contribution in [0.3, 0.4) is 0 Å². The van der Waals surface area contributed by atoms with Gasteiger partial charge in [0, 0.05) is 19.7 Å². The predicted molar refractivity (Wildman–Crippen MR) is 76.5 cm³/mol. The third kappa shape index (κ3) is 3.69. The van der Waals surface area contributed by atoms with Gasteiger partial charge in [-0.15, -0.1) is 0 Å². The summed E-state index contributed by atoms with van der Waals surface area (Å²) in [6, 6.07) is 0. The molecule has 0 spiro atoms. The second kappa shape index (κ2) is 6.53. The van der Waals surface area contributed by atoms with E-state index in [9.17, 15) is 5.11 Å². The molecule has 2 rings (SSSR count). The molecule has 1 aliphatic heterocycles. The average Bonchev–Trinajstić information content (AvgIpc) is 2.39. The van der Waals surface area contributed by atoms with Crippen LogP contribution in [0.1, 0.15) is 39.0 Å². The van der Waals surface area contributed by atoms with Crippen LogP contribution < -0.4 is 0 Å². The van der Waals surface area contributed by atoms with E-state index in [0.29, 0.717) is 18.4 Å². The zero-order valence-electron chi connectivity index (χ0n) is 11.7. The lowest BCUT2D eigenvalue weighted by atomic mass is 9.85. The molecule has 0 radical (unpaired) electrons. The smallest absolute Gasteiger partial charge is 0.0471 e. The van der Waals surface area contributed by atoms with Crippen LogP contribution in [0.25, 0.3) is 0 Å². The first-order valence-corrected chi connectivity index (χ1v) is 7.35. The van der Waals surface area contributed by atoms with Crippen molar-refractivity contribution < 1.29 is 5.11 Å². The van der Waals surface area contributed by atoms with E-state index in [-0.39, 0.29) is 0 Å². The molecule has 0 bridgehead atoms. The zero-order chi connectivity index (χ0) is 13.0. The van der Waals surface area contributed by atoms with Crippen LogP contribution >= 0.6 is 0 Å². The monoisotopic (exact) mass is 249 g/mol. The van der Waals surface area contributed by atoms with E-state index in [4.69, 9.17) is 0 Å². The molecule has 1 aliphatic carbocycles. The Kier molecular flexibility index (Phi) is 5.02. The van der Waals surface area contributed by atoms with E-state index in [1.54, 1.807) is 5.57 Å². The standard InChI is InChI=1S/C16H27NO/c1-13(2)16-7-5-14(6-8-16)10-17-9-3-4-15(11-17)12-18/h5,15-16,18H,1,3-4,6-12H2,2H3/t15-,16-/m1/s1. The number of likely N-dealkylation sites (tertiary alicyclic amines) is 1. The molecule has 2 nitrogen and oxygen atoms in total. The summed E-state index contributed by atoms with van der Waals surface area (Å²) < 4.78 is 0. The van der Waals surface area contributed by atoms with E-state index in [1.807, 2.05) is 0 Å². The lowest BCUT2D eigenvalue weighted by molar-refractivity contribution is 0.126. The van der Waals surface area contributed by atoms with E-state index in [0.717, 1.165) is 13.1 Å². The maximum atomic E-state index is 9.26. The Morgan fingerprint density at radius 2 is 2.33 bits per heavy atom. The van der Waals surface area contributed by atoms with E-state index >= 15 is 0 Å². The maximum absolute atomic E-state index is 9.26. The van der Waals surface area contributed by atoms with Crippen molar-refractivity contribution in [2.45, 2.75) is 39.0 Å². The first kappa shape index (κ1) is 13.8. The van der Waals surface area contributed by atoms with Gasteiger partial charge in [0.1, 0.15) is 0 Å². The summed E-state index contributed by atoms with van der Waals surface area (Å²) >= 11 is 0. The largest absolute Gasteiger partial charge is 0.396 e. The highest BCUT2D eigenvalue weighted by molar-refractivity contribution is 5.13. The van der Waals surface area contributed by atoms with Gasteiger partial charge in [-0.2, -0.15) is 0 Å². The Morgan fingerprint density at radius 3 is 2.94 bits per heavy atom. The summed E-state index contributed by atoms with van der Waals surface area (Å²) in [5, 5.41) is 9.26. The molecule has 0 aromatic rings. The zero-order valence-corrected chi connectivity index (χ0v) is 11.7. The highest BCUT2D eigenvalue weighted by Gasteiger charge is 2.21. The van der Waals surface area contributed by atoms with Gasteiger partial charge < -0.3 is 5.11 Å². The lowest BCUT2D eigenvalue weighted by Crippen LogP contribution is -2.38. The Labute approximate surface area is 111 Å². The summed E-state index contributed by atoms with van der Waals surface area (Å²) in [6.07, 6.45) is 8.57. The second-order valence-electron chi connectivity index (χ2n) is 6.11. The molecular formula is C16H27NO. The topological polar surface area (TPSA) is 23.5 Å². The van der Waals surface area contributed by atoms with Gasteiger partial charge in [0.25, 0.3) is 0 Å². The van der Waals surface area contributed by atoms with Gasteiger partial charge in [0.05, 0.1) is 0 Å². The molecule has 18 heavy (non-hydrogen) atoms. The molecule has 2 atom stereocenters. The number of aliphatic hydroxyl groups excluding tert-OH is 1. The van der Waals surface area contributed by atoms with Crippen LogP contribution in [-0.2, 0) is 0 Å². The molecule has 0 aromatic carbocycles. The minimum Gasteiger partial charge on any atom is -0.396 e. The number of nitrogens with zero attached hydrogens (tertiary/aromatic N) is 1. The number of allylic oxidation sites excluding steroid dienone is 2. The van der Waals surface area contributed by atoms with Crippen molar-refractivity contribution in [3.05, 3.63) is 23.8 Å². The molecule has 0 amide bonds. The van der Waals surface area contributed by atoms with Crippen molar-refractivity contribution in [1.29, 1.82) is 0 Å². The van der Waals surface area contributed by atoms with E-state index < -0.39 is 0 Å². The summed E-state index contributed by atoms with van der Waals surface area (Å²) in [4.78, 5) is 2.53. The van der Waals surface area contributed by atoms with Crippen LogP contribution in [0.5, 0.6) is 0 Å². The molecule has 0 unspecified atom stereocenters. The van der Waals surface area contributed by atoms with Crippen molar-refractivity contribution in [2.75, 3.05) is 26.2 Å². The normalized spacial score (nSPS) is 30.0. The Hall–Kier alpha value is -0.600. The molecule has 2 heteroatoms. The van der Waals surface area contributed by atoms with Gasteiger partial charge in [-0.1, -0.05) is 23.8 Å². The average molecular weight is 249 g/mol. The number of hydrogen-bond acceptors (Lipinski definition) is 2. The first-order chi connectivity index (χ1) is 8.69. The lowest BCUT2D eigenvalue weighted by Gasteiger charge is -2.33. The summed E-state index contributed by atoms with van der Waals surface area (Å²) in [7, 11) is 0. The van der Waals surface area contributed by atoms with Crippen molar-refractivity contribution in [3.63, 3.8) is 0 Å². The quantitative estimate of drug-likeness (QED) is 0.774. The molecule has 102 valence electrons. The highest BCUT2D eigenvalue weighted by atomic mass is 16.3. The van der Waals surface area contributed by atoms with Gasteiger partial charge in [0.15, 0.2) is 0 Å². The first-order valence-electron chi connectivity index (χ1n) is 7.35. The summed E-state index contributed by atoms with van der Waals surface area (Å²) in [5.41, 5.74) is 2.94. The van der Waals surface area contributed by atoms with Crippen molar-refractivity contribution in [3.8, 4) is 0 Å². The Balaban J connectivity index is 1.81. The van der Waals surface area contributed by atoms with Gasteiger partial charge in [-0.3, -0.25) is 4.90 Å². The Bertz CT molecular complexity index is 321. The van der Waals surface area contributed by atoms with E-state index in [2.05, 4.69) is 24.5 Å². The van der Waals surface area contributed by atoms with Crippen molar-refractivity contribution >= 4 is 0 Å². The summed E-state index contributed by atoms with van der Waals surface area (Å²) in [5.74, 6) is 1.21. The fourth-order valence-corrected chi connectivity index (χ4v) is 3.21. The SMILES string of the molecule is C=C(C)[C@@H]1CC=C(CN2CCC[C@@H](CO)C2)CC1. The molecule has 0 aromatic heterocycles. The fraction of sp³-hybridized carbons (Fsp3) is 0.750. The van der Waals surface area contributed by atoms with Crippen LogP contribution in [-0.4, -0.2) is 36.2 Å². The highest BCUT2D eigenvalue weighted by Crippen LogP contribution is 2.29. The third-order valence-corrected chi connectivity index (χ3v) is 4.49. The molecule has 2 aliphatic rings. The Morgan fingerprint density at radius 1 is 1.50 bits per heavy atom. The molecule has 1 heterocycles. The van der Waals surface area contributed by atoms with Gasteiger partial charge in [-0.05, 0) is 57.4 Å². The van der Waals surface area contributed by atoms with Crippen LogP contribution in [0, 0.1) is 11.8 Å². The van der Waals surface area contributed by atoms with Crippen LogP contribution in [0.15, 0.2) is 23.8 Å². The van der Waals surface area contributed by atoms with Crippen molar-refractivity contribution in [2.24, 2.45) is 11.8 Å². The number of piperidine rings is 1. The van der Waals surface area contributed by atoms with Crippen LogP contribution in [0.4, 0.5) is 0 Å². The molecule has 1 N–H and O–H groups in total. The third-order valence-electron chi connectivity index (χ3n) is 4.49. The van der Waals surface area contributed by atoms with Crippen molar-refractivity contribution in [1.82, 2.24) is 4.90 Å². The molecule has 1 saturated heterocycles. The predicted octanol–water partition coefficient (Wildman–Crippen LogP) is 2.99. The summed E-state index contributed by atoms with van der Waals surface area (Å²) in [6.45, 7) is 9.99. The van der Waals surface area contributed by atoms with E-state index in [1.165, 1.54) is 44.2 Å². The van der Waals surface area contributed by atoms with Crippen LogP contribution in [0.2, 0.25) is 0 Å². The molecular weight excluding hydrogens is 222 g/mol. The minimum atomic E-state index is 0.354. The minimum absolute atomic E-state index is 0.354. The number of hydrogen-bond donors (Lipinski definition) is 1. The number of rotatable bonds is 4. The van der Waals surface area contributed by atoms with Gasteiger partial charge >= 0.3 is 0 Å². The molecule has 1 fully saturated rings. The van der Waals surface area contributed by atoms with Gasteiger partial charge in [-0.25, -0.2) is 0 Å². The molecule has 0 saturated carbocycles.